The molecule has 0 radical (unpaired) electrons. The maximum atomic E-state index is 13.4. The van der Waals surface area contributed by atoms with Gasteiger partial charge in [-0.1, -0.05) is 6.07 Å². The molecule has 3 rings (SSSR count). The number of anilines is 2. The van der Waals surface area contributed by atoms with Crippen molar-refractivity contribution in [1.29, 1.82) is 0 Å². The van der Waals surface area contributed by atoms with Crippen LogP contribution in [0.5, 0.6) is 0 Å². The zero-order valence-electron chi connectivity index (χ0n) is 11.9. The highest BCUT2D eigenvalue weighted by atomic mass is 32.1. The average Bonchev–Trinajstić information content (AvgIpc) is 3.09. The molecular formula is C15H18FN3OS. The molecule has 21 heavy (non-hydrogen) atoms. The quantitative estimate of drug-likeness (QED) is 0.833. The number of methoxy groups -OCH3 is 1. The van der Waals surface area contributed by atoms with Gasteiger partial charge in [0.1, 0.15) is 5.82 Å². The lowest BCUT2D eigenvalue weighted by Gasteiger charge is -2.15. The molecule has 1 N–H and O–H groups in total. The van der Waals surface area contributed by atoms with Gasteiger partial charge in [0.15, 0.2) is 5.13 Å². The van der Waals surface area contributed by atoms with Gasteiger partial charge in [-0.05, 0) is 24.1 Å². The standard InChI is InChI=1S/C15H18FN3OS/c1-20-7-5-17-9-13-10-18-15(21-13)19-6-4-11-2-3-12(16)8-14(11)19/h2-3,8,10,17H,4-7,9H2,1H3. The Bertz CT molecular complexity index is 617. The van der Waals surface area contributed by atoms with E-state index in [-0.39, 0.29) is 5.82 Å². The van der Waals surface area contributed by atoms with Crippen LogP contribution >= 0.6 is 11.3 Å². The predicted molar refractivity (Wildman–Crippen MR) is 82.8 cm³/mol. The zero-order valence-corrected chi connectivity index (χ0v) is 12.8. The maximum absolute atomic E-state index is 13.4. The molecule has 112 valence electrons. The van der Waals surface area contributed by atoms with Crippen LogP contribution in [0, 0.1) is 5.82 Å². The Kier molecular flexibility index (Phi) is 4.48. The first-order valence-electron chi connectivity index (χ1n) is 6.98. The molecule has 0 fully saturated rings. The smallest absolute Gasteiger partial charge is 0.190 e. The molecule has 1 aromatic heterocycles. The number of hydrogen-bond acceptors (Lipinski definition) is 5. The summed E-state index contributed by atoms with van der Waals surface area (Å²) < 4.78 is 18.4. The van der Waals surface area contributed by atoms with E-state index in [1.54, 1.807) is 24.5 Å². The molecule has 0 aliphatic carbocycles. The Labute approximate surface area is 127 Å². The summed E-state index contributed by atoms with van der Waals surface area (Å²) in [5, 5.41) is 4.23. The molecule has 0 amide bonds. The van der Waals surface area contributed by atoms with Crippen LogP contribution in [0.2, 0.25) is 0 Å². The molecule has 0 spiro atoms. The van der Waals surface area contributed by atoms with E-state index >= 15 is 0 Å². The number of benzene rings is 1. The van der Waals surface area contributed by atoms with Crippen molar-refractivity contribution in [2.45, 2.75) is 13.0 Å². The number of hydrogen-bond donors (Lipinski definition) is 1. The second-order valence-corrected chi connectivity index (χ2v) is 6.05. The van der Waals surface area contributed by atoms with Crippen molar-refractivity contribution in [3.63, 3.8) is 0 Å². The molecular weight excluding hydrogens is 289 g/mol. The Morgan fingerprint density at radius 2 is 2.38 bits per heavy atom. The maximum Gasteiger partial charge on any atom is 0.190 e. The van der Waals surface area contributed by atoms with Crippen LogP contribution in [0.1, 0.15) is 10.4 Å². The lowest BCUT2D eigenvalue weighted by molar-refractivity contribution is 0.199. The van der Waals surface area contributed by atoms with Gasteiger partial charge in [-0.3, -0.25) is 0 Å². The molecule has 0 atom stereocenters. The molecule has 0 unspecified atom stereocenters. The van der Waals surface area contributed by atoms with E-state index in [2.05, 4.69) is 15.2 Å². The zero-order chi connectivity index (χ0) is 14.7. The summed E-state index contributed by atoms with van der Waals surface area (Å²) >= 11 is 1.65. The molecule has 0 saturated heterocycles. The van der Waals surface area contributed by atoms with Gasteiger partial charge in [-0.15, -0.1) is 11.3 Å². The van der Waals surface area contributed by atoms with Crippen LogP contribution in [0.25, 0.3) is 0 Å². The van der Waals surface area contributed by atoms with Gasteiger partial charge in [0, 0.05) is 43.5 Å². The normalized spacial score (nSPS) is 13.7. The second kappa shape index (κ2) is 6.51. The molecule has 0 bridgehead atoms. The van der Waals surface area contributed by atoms with Crippen LogP contribution in [0.3, 0.4) is 0 Å². The van der Waals surface area contributed by atoms with Gasteiger partial charge < -0.3 is 15.0 Å². The van der Waals surface area contributed by atoms with Crippen LogP contribution < -0.4 is 10.2 Å². The highest BCUT2D eigenvalue weighted by Crippen LogP contribution is 2.36. The molecule has 1 aliphatic rings. The third-order valence-electron chi connectivity index (χ3n) is 3.50. The molecule has 1 aliphatic heterocycles. The van der Waals surface area contributed by atoms with E-state index in [1.807, 2.05) is 12.3 Å². The number of thiazole rings is 1. The number of rotatable bonds is 6. The molecule has 1 aromatic carbocycles. The number of aromatic nitrogens is 1. The van der Waals surface area contributed by atoms with Crippen molar-refractivity contribution in [3.05, 3.63) is 40.7 Å². The summed E-state index contributed by atoms with van der Waals surface area (Å²) in [5.41, 5.74) is 2.13. The first kappa shape index (κ1) is 14.4. The van der Waals surface area contributed by atoms with E-state index < -0.39 is 0 Å². The highest BCUT2D eigenvalue weighted by Gasteiger charge is 2.23. The number of ether oxygens (including phenoxy) is 1. The average molecular weight is 307 g/mol. The van der Waals surface area contributed by atoms with Crippen molar-refractivity contribution in [2.24, 2.45) is 0 Å². The molecule has 2 heterocycles. The summed E-state index contributed by atoms with van der Waals surface area (Å²) in [6, 6.07) is 4.99. The van der Waals surface area contributed by atoms with Crippen LogP contribution in [-0.4, -0.2) is 31.8 Å². The van der Waals surface area contributed by atoms with Crippen molar-refractivity contribution < 1.29 is 9.13 Å². The van der Waals surface area contributed by atoms with E-state index in [4.69, 9.17) is 4.74 Å². The Morgan fingerprint density at radius 1 is 1.48 bits per heavy atom. The summed E-state index contributed by atoms with van der Waals surface area (Å²) in [6.45, 7) is 3.17. The lowest BCUT2D eigenvalue weighted by atomic mass is 10.2. The fourth-order valence-corrected chi connectivity index (χ4v) is 3.36. The van der Waals surface area contributed by atoms with Crippen molar-refractivity contribution in [1.82, 2.24) is 10.3 Å². The topological polar surface area (TPSA) is 37.4 Å². The molecule has 6 heteroatoms. The van der Waals surface area contributed by atoms with Crippen LogP contribution in [0.15, 0.2) is 24.4 Å². The third kappa shape index (κ3) is 3.23. The Hall–Kier alpha value is -1.50. The Balaban J connectivity index is 1.69. The number of halogens is 1. The van der Waals surface area contributed by atoms with Crippen molar-refractivity contribution in [3.8, 4) is 0 Å². The van der Waals surface area contributed by atoms with E-state index in [0.717, 1.165) is 36.9 Å². The van der Waals surface area contributed by atoms with Crippen molar-refractivity contribution >= 4 is 22.2 Å². The number of nitrogens with zero attached hydrogens (tertiary/aromatic N) is 2. The fraction of sp³-hybridized carbons (Fsp3) is 0.400. The largest absolute Gasteiger partial charge is 0.383 e. The molecule has 0 saturated carbocycles. The van der Waals surface area contributed by atoms with E-state index in [1.165, 1.54) is 16.5 Å². The number of fused-ring (bicyclic) bond motifs is 1. The SMILES string of the molecule is COCCNCc1cnc(N2CCc3ccc(F)cc32)s1. The molecule has 4 nitrogen and oxygen atoms in total. The van der Waals surface area contributed by atoms with Gasteiger partial charge in [0.2, 0.25) is 0 Å². The predicted octanol–water partition coefficient (Wildman–Crippen LogP) is 2.71. The highest BCUT2D eigenvalue weighted by molar-refractivity contribution is 7.15. The lowest BCUT2D eigenvalue weighted by Crippen LogP contribution is -2.17. The number of nitrogens with one attached hydrogen (secondary N) is 1. The van der Waals surface area contributed by atoms with E-state index in [0.29, 0.717) is 6.61 Å². The van der Waals surface area contributed by atoms with E-state index in [9.17, 15) is 4.39 Å². The van der Waals surface area contributed by atoms with Crippen LogP contribution in [-0.2, 0) is 17.7 Å². The minimum absolute atomic E-state index is 0.196. The Morgan fingerprint density at radius 3 is 3.24 bits per heavy atom. The van der Waals surface area contributed by atoms with Gasteiger partial charge in [-0.2, -0.15) is 0 Å². The van der Waals surface area contributed by atoms with Gasteiger partial charge in [0.25, 0.3) is 0 Å². The van der Waals surface area contributed by atoms with Gasteiger partial charge >= 0.3 is 0 Å². The summed E-state index contributed by atoms with van der Waals surface area (Å²) in [4.78, 5) is 7.75. The van der Waals surface area contributed by atoms with Crippen LogP contribution in [0.4, 0.5) is 15.2 Å². The van der Waals surface area contributed by atoms with Gasteiger partial charge in [-0.25, -0.2) is 9.37 Å². The third-order valence-corrected chi connectivity index (χ3v) is 4.52. The monoisotopic (exact) mass is 307 g/mol. The second-order valence-electron chi connectivity index (χ2n) is 4.95. The summed E-state index contributed by atoms with van der Waals surface area (Å²) in [7, 11) is 1.69. The first-order chi connectivity index (χ1) is 10.3. The minimum Gasteiger partial charge on any atom is -0.383 e. The van der Waals surface area contributed by atoms with Gasteiger partial charge in [0.05, 0.1) is 6.61 Å². The summed E-state index contributed by atoms with van der Waals surface area (Å²) in [5.74, 6) is -0.196. The first-order valence-corrected chi connectivity index (χ1v) is 7.80. The van der Waals surface area contributed by atoms with Crippen molar-refractivity contribution in [2.75, 3.05) is 31.7 Å². The molecule has 2 aromatic rings. The summed E-state index contributed by atoms with van der Waals surface area (Å²) in [6.07, 6.45) is 2.83. The fourth-order valence-electron chi connectivity index (χ4n) is 2.44. The minimum atomic E-state index is -0.196.